The maximum atomic E-state index is 12.3. The average molecular weight is 308 g/mol. The number of amides is 1. The first-order valence-electron chi connectivity index (χ1n) is 6.21. The van der Waals surface area contributed by atoms with Gasteiger partial charge in [0.25, 0.3) is 5.91 Å². The highest BCUT2D eigenvalue weighted by atomic mass is 32.2. The van der Waals surface area contributed by atoms with Crippen molar-refractivity contribution in [2.24, 2.45) is 0 Å². The maximum Gasteiger partial charge on any atom is 0.254 e. The number of nitrogens with zero attached hydrogens (tertiary/aromatic N) is 3. The fourth-order valence-corrected chi connectivity index (χ4v) is 2.49. The Labute approximate surface area is 122 Å². The summed E-state index contributed by atoms with van der Waals surface area (Å²) in [5, 5.41) is 6.67. The van der Waals surface area contributed by atoms with Gasteiger partial charge in [-0.1, -0.05) is 6.07 Å². The van der Waals surface area contributed by atoms with Crippen molar-refractivity contribution in [1.29, 1.82) is 0 Å². The summed E-state index contributed by atoms with van der Waals surface area (Å²) < 4.78 is 23.0. The molecule has 7 nitrogen and oxygen atoms in total. The van der Waals surface area contributed by atoms with Gasteiger partial charge in [0.15, 0.2) is 15.7 Å². The zero-order valence-corrected chi connectivity index (χ0v) is 12.8. The summed E-state index contributed by atoms with van der Waals surface area (Å²) in [4.78, 5) is 18.0. The molecule has 21 heavy (non-hydrogen) atoms. The molecule has 0 spiro atoms. The van der Waals surface area contributed by atoms with Crippen LogP contribution in [0.1, 0.15) is 22.0 Å². The number of nitrogens with one attached hydrogen (secondary N) is 1. The minimum Gasteiger partial charge on any atom is -0.334 e. The van der Waals surface area contributed by atoms with Crippen LogP contribution in [0.2, 0.25) is 0 Å². The van der Waals surface area contributed by atoms with Gasteiger partial charge in [0, 0.05) is 18.9 Å². The van der Waals surface area contributed by atoms with E-state index in [1.54, 1.807) is 26.1 Å². The molecule has 0 bridgehead atoms. The van der Waals surface area contributed by atoms with Crippen LogP contribution in [-0.4, -0.2) is 47.7 Å². The standard InChI is InChI=1S/C13H16N4O3S/c1-9-14-12(16-15-9)8-17(2)13(18)10-5-4-6-11(7-10)21(3,19)20/h4-7H,8H2,1-3H3,(H,14,15,16). The van der Waals surface area contributed by atoms with Crippen LogP contribution in [0.15, 0.2) is 29.2 Å². The Bertz CT molecular complexity index is 767. The minimum atomic E-state index is -3.34. The number of benzene rings is 1. The molecule has 0 aliphatic heterocycles. The van der Waals surface area contributed by atoms with Crippen molar-refractivity contribution in [2.75, 3.05) is 13.3 Å². The molecule has 0 atom stereocenters. The highest BCUT2D eigenvalue weighted by molar-refractivity contribution is 7.90. The summed E-state index contributed by atoms with van der Waals surface area (Å²) in [6.07, 6.45) is 1.11. The van der Waals surface area contributed by atoms with E-state index in [1.807, 2.05) is 0 Å². The monoisotopic (exact) mass is 308 g/mol. The lowest BCUT2D eigenvalue weighted by molar-refractivity contribution is 0.0781. The van der Waals surface area contributed by atoms with Crippen LogP contribution in [0.4, 0.5) is 0 Å². The number of sulfone groups is 1. The van der Waals surface area contributed by atoms with Gasteiger partial charge in [-0.05, 0) is 25.1 Å². The first-order chi connectivity index (χ1) is 9.77. The van der Waals surface area contributed by atoms with Gasteiger partial charge in [-0.25, -0.2) is 13.4 Å². The van der Waals surface area contributed by atoms with Gasteiger partial charge in [0.2, 0.25) is 0 Å². The maximum absolute atomic E-state index is 12.3. The SMILES string of the molecule is Cc1nc(CN(C)C(=O)c2cccc(S(C)(=O)=O)c2)n[nH]1. The normalized spacial score (nSPS) is 11.4. The quantitative estimate of drug-likeness (QED) is 0.900. The van der Waals surface area contributed by atoms with Gasteiger partial charge >= 0.3 is 0 Å². The summed E-state index contributed by atoms with van der Waals surface area (Å²) in [6, 6.07) is 5.97. The predicted molar refractivity (Wildman–Crippen MR) is 76.5 cm³/mol. The smallest absolute Gasteiger partial charge is 0.254 e. The second-order valence-electron chi connectivity index (χ2n) is 4.80. The molecule has 0 saturated carbocycles. The van der Waals surface area contributed by atoms with Crippen molar-refractivity contribution < 1.29 is 13.2 Å². The number of aryl methyl sites for hydroxylation is 1. The molecular weight excluding hydrogens is 292 g/mol. The number of hydrogen-bond acceptors (Lipinski definition) is 5. The summed E-state index contributed by atoms with van der Waals surface area (Å²) in [5.41, 5.74) is 0.313. The van der Waals surface area contributed by atoms with Gasteiger partial charge in [-0.3, -0.25) is 9.89 Å². The van der Waals surface area contributed by atoms with Gasteiger partial charge in [-0.15, -0.1) is 0 Å². The number of carbonyl (C=O) groups is 1. The molecule has 2 rings (SSSR count). The Morgan fingerprint density at radius 1 is 1.38 bits per heavy atom. The Hall–Kier alpha value is -2.22. The lowest BCUT2D eigenvalue weighted by atomic mass is 10.2. The summed E-state index contributed by atoms with van der Waals surface area (Å²) >= 11 is 0. The Kier molecular flexibility index (Phi) is 4.08. The van der Waals surface area contributed by atoms with E-state index in [0.29, 0.717) is 17.2 Å². The zero-order valence-electron chi connectivity index (χ0n) is 12.0. The van der Waals surface area contributed by atoms with Crippen molar-refractivity contribution >= 4 is 15.7 Å². The number of carbonyl (C=O) groups excluding carboxylic acids is 1. The van der Waals surface area contributed by atoms with Crippen LogP contribution >= 0.6 is 0 Å². The largest absolute Gasteiger partial charge is 0.334 e. The lowest BCUT2D eigenvalue weighted by Crippen LogP contribution is -2.26. The van der Waals surface area contributed by atoms with Crippen molar-refractivity contribution in [3.8, 4) is 0 Å². The summed E-state index contributed by atoms with van der Waals surface area (Å²) in [5.74, 6) is 0.885. The van der Waals surface area contributed by atoms with E-state index >= 15 is 0 Å². The fourth-order valence-electron chi connectivity index (χ4n) is 1.82. The topological polar surface area (TPSA) is 96.0 Å². The van der Waals surface area contributed by atoms with E-state index < -0.39 is 9.84 Å². The van der Waals surface area contributed by atoms with Crippen LogP contribution in [0.25, 0.3) is 0 Å². The number of aromatic nitrogens is 3. The van der Waals surface area contributed by atoms with E-state index in [-0.39, 0.29) is 17.3 Å². The number of hydrogen-bond donors (Lipinski definition) is 1. The first-order valence-corrected chi connectivity index (χ1v) is 8.10. The minimum absolute atomic E-state index is 0.121. The van der Waals surface area contributed by atoms with Crippen LogP contribution in [0.5, 0.6) is 0 Å². The highest BCUT2D eigenvalue weighted by Gasteiger charge is 2.16. The second kappa shape index (κ2) is 5.65. The molecule has 1 aromatic carbocycles. The van der Waals surface area contributed by atoms with E-state index in [0.717, 1.165) is 6.26 Å². The number of aromatic amines is 1. The van der Waals surface area contributed by atoms with Gasteiger partial charge in [-0.2, -0.15) is 5.10 Å². The predicted octanol–water partition coefficient (Wildman–Crippen LogP) is 0.789. The third-order valence-electron chi connectivity index (χ3n) is 2.88. The molecule has 8 heteroatoms. The third-order valence-corrected chi connectivity index (χ3v) is 3.99. The van der Waals surface area contributed by atoms with Crippen LogP contribution in [0, 0.1) is 6.92 Å². The molecule has 0 saturated heterocycles. The Morgan fingerprint density at radius 3 is 2.67 bits per heavy atom. The molecule has 0 aliphatic rings. The Balaban J connectivity index is 2.19. The molecule has 0 radical (unpaired) electrons. The number of rotatable bonds is 4. The second-order valence-corrected chi connectivity index (χ2v) is 6.81. The van der Waals surface area contributed by atoms with E-state index in [2.05, 4.69) is 15.2 Å². The molecule has 0 aliphatic carbocycles. The molecule has 0 unspecified atom stereocenters. The van der Waals surface area contributed by atoms with Crippen molar-refractivity contribution in [3.05, 3.63) is 41.5 Å². The Morgan fingerprint density at radius 2 is 2.10 bits per heavy atom. The molecule has 1 N–H and O–H groups in total. The van der Waals surface area contributed by atoms with Crippen LogP contribution in [-0.2, 0) is 16.4 Å². The van der Waals surface area contributed by atoms with Crippen LogP contribution in [0.3, 0.4) is 0 Å². The van der Waals surface area contributed by atoms with Crippen molar-refractivity contribution in [2.45, 2.75) is 18.4 Å². The molecule has 2 aromatic rings. The van der Waals surface area contributed by atoms with E-state index in [4.69, 9.17) is 0 Å². The molecule has 1 amide bonds. The molecule has 1 aromatic heterocycles. The molecular formula is C13H16N4O3S. The van der Waals surface area contributed by atoms with Gasteiger partial charge in [0.1, 0.15) is 5.82 Å². The van der Waals surface area contributed by atoms with Crippen molar-refractivity contribution in [1.82, 2.24) is 20.1 Å². The van der Waals surface area contributed by atoms with Gasteiger partial charge in [0.05, 0.1) is 11.4 Å². The highest BCUT2D eigenvalue weighted by Crippen LogP contribution is 2.13. The van der Waals surface area contributed by atoms with Crippen molar-refractivity contribution in [3.63, 3.8) is 0 Å². The third kappa shape index (κ3) is 3.66. The van der Waals surface area contributed by atoms with Crippen LogP contribution < -0.4 is 0 Å². The fraction of sp³-hybridized carbons (Fsp3) is 0.308. The average Bonchev–Trinajstić information content (AvgIpc) is 2.82. The summed E-state index contributed by atoms with van der Waals surface area (Å²) in [6.45, 7) is 2.01. The molecule has 112 valence electrons. The van der Waals surface area contributed by atoms with E-state index in [9.17, 15) is 13.2 Å². The molecule has 1 heterocycles. The summed E-state index contributed by atoms with van der Waals surface area (Å²) in [7, 11) is -1.73. The zero-order chi connectivity index (χ0) is 15.6. The number of H-pyrrole nitrogens is 1. The first kappa shape index (κ1) is 15.2. The lowest BCUT2D eigenvalue weighted by Gasteiger charge is -2.15. The molecule has 0 fully saturated rings. The van der Waals surface area contributed by atoms with Gasteiger partial charge < -0.3 is 4.90 Å². The van der Waals surface area contributed by atoms with E-state index in [1.165, 1.54) is 17.0 Å².